The van der Waals surface area contributed by atoms with Gasteiger partial charge in [-0.05, 0) is 18.3 Å². The van der Waals surface area contributed by atoms with E-state index in [0.29, 0.717) is 31.3 Å². The standard InChI is InChI=1S/C16H30N2O3S.C2HF3O2/c1-11(2)7-17-16(19)13-5-6-22(20,21)15-10-18(8-12(3)4)9-14(13)15;3-2(4,5)1(6)7/h11-15H,5-10H2,1-4H3,(H,17,19);(H,6,7)/t13-,14+,15+;/m0./s1. The van der Waals surface area contributed by atoms with Gasteiger partial charge in [-0.25, -0.2) is 13.2 Å². The Labute approximate surface area is 169 Å². The van der Waals surface area contributed by atoms with Gasteiger partial charge in [-0.1, -0.05) is 27.7 Å². The highest BCUT2D eigenvalue weighted by Gasteiger charge is 2.50. The highest BCUT2D eigenvalue weighted by Crippen LogP contribution is 2.37. The molecule has 2 saturated heterocycles. The maximum absolute atomic E-state index is 12.5. The molecule has 2 heterocycles. The van der Waals surface area contributed by atoms with Gasteiger partial charge in [0.1, 0.15) is 0 Å². The summed E-state index contributed by atoms with van der Waals surface area (Å²) in [6, 6.07) is 0. The van der Waals surface area contributed by atoms with Gasteiger partial charge >= 0.3 is 12.1 Å². The number of alkyl halides is 3. The Morgan fingerprint density at radius 3 is 2.14 bits per heavy atom. The van der Waals surface area contributed by atoms with E-state index in [1.165, 1.54) is 0 Å². The van der Waals surface area contributed by atoms with E-state index in [0.717, 1.165) is 13.1 Å². The van der Waals surface area contributed by atoms with Crippen LogP contribution in [0.5, 0.6) is 0 Å². The molecule has 11 heteroatoms. The van der Waals surface area contributed by atoms with Gasteiger partial charge < -0.3 is 15.3 Å². The first-order valence-corrected chi connectivity index (χ1v) is 11.4. The molecule has 2 rings (SSSR count). The molecule has 29 heavy (non-hydrogen) atoms. The number of nitrogens with zero attached hydrogens (tertiary/aromatic N) is 1. The van der Waals surface area contributed by atoms with Crippen LogP contribution in [0.15, 0.2) is 0 Å². The van der Waals surface area contributed by atoms with Gasteiger partial charge in [-0.3, -0.25) is 4.79 Å². The summed E-state index contributed by atoms with van der Waals surface area (Å²) in [4.78, 5) is 23.6. The molecule has 2 aliphatic heterocycles. The number of hydrogen-bond donors (Lipinski definition) is 2. The van der Waals surface area contributed by atoms with Crippen LogP contribution in [0.2, 0.25) is 0 Å². The molecule has 2 aliphatic rings. The molecule has 0 radical (unpaired) electrons. The van der Waals surface area contributed by atoms with Gasteiger partial charge in [0.25, 0.3) is 0 Å². The Morgan fingerprint density at radius 1 is 1.14 bits per heavy atom. The minimum absolute atomic E-state index is 0.0373. The van der Waals surface area contributed by atoms with Crippen molar-refractivity contribution in [3.05, 3.63) is 0 Å². The molecule has 2 N–H and O–H groups in total. The van der Waals surface area contributed by atoms with Crippen molar-refractivity contribution in [2.45, 2.75) is 45.5 Å². The summed E-state index contributed by atoms with van der Waals surface area (Å²) in [5.74, 6) is -1.82. The van der Waals surface area contributed by atoms with Crippen LogP contribution in [0, 0.1) is 23.7 Å². The zero-order valence-corrected chi connectivity index (χ0v) is 18.0. The molecule has 0 unspecified atom stereocenters. The van der Waals surface area contributed by atoms with Crippen molar-refractivity contribution < 1.29 is 36.3 Å². The van der Waals surface area contributed by atoms with E-state index in [1.54, 1.807) is 0 Å². The monoisotopic (exact) mass is 444 g/mol. The first-order chi connectivity index (χ1) is 13.1. The van der Waals surface area contributed by atoms with Crippen molar-refractivity contribution in [3.8, 4) is 0 Å². The van der Waals surface area contributed by atoms with Crippen LogP contribution < -0.4 is 5.32 Å². The SMILES string of the molecule is CC(C)CNC(=O)[C@H]1CCS(=O)(=O)[C@@H]2CN(CC(C)C)C[C@H]12.O=C(O)C(F)(F)F. The van der Waals surface area contributed by atoms with Crippen LogP contribution >= 0.6 is 0 Å². The molecule has 0 aromatic carbocycles. The number of halogens is 3. The summed E-state index contributed by atoms with van der Waals surface area (Å²) < 4.78 is 56.5. The molecule has 0 bridgehead atoms. The maximum atomic E-state index is 12.5. The fourth-order valence-electron chi connectivity index (χ4n) is 3.73. The highest BCUT2D eigenvalue weighted by molar-refractivity contribution is 7.92. The third-order valence-electron chi connectivity index (χ3n) is 4.96. The predicted octanol–water partition coefficient (Wildman–Crippen LogP) is 1.78. The molecule has 3 atom stereocenters. The molecule has 0 spiro atoms. The number of amides is 1. The lowest BCUT2D eigenvalue weighted by atomic mass is 9.87. The second kappa shape index (κ2) is 10.1. The Hall–Kier alpha value is -1.36. The third kappa shape index (κ3) is 7.76. The van der Waals surface area contributed by atoms with Crippen molar-refractivity contribution in [2.75, 3.05) is 31.9 Å². The minimum Gasteiger partial charge on any atom is -0.475 e. The van der Waals surface area contributed by atoms with Gasteiger partial charge in [-0.15, -0.1) is 0 Å². The Morgan fingerprint density at radius 2 is 1.69 bits per heavy atom. The number of carboxylic acid groups (broad SMARTS) is 1. The summed E-state index contributed by atoms with van der Waals surface area (Å²) in [6.45, 7) is 11.3. The number of nitrogens with one attached hydrogen (secondary N) is 1. The number of sulfone groups is 1. The number of fused-ring (bicyclic) bond motifs is 1. The number of likely N-dealkylation sites (tertiary alicyclic amines) is 1. The van der Waals surface area contributed by atoms with Crippen molar-refractivity contribution in [3.63, 3.8) is 0 Å². The molecular formula is C18H31F3N2O5S. The van der Waals surface area contributed by atoms with Crippen LogP contribution in [0.4, 0.5) is 13.2 Å². The fourth-order valence-corrected chi connectivity index (χ4v) is 5.86. The van der Waals surface area contributed by atoms with Crippen LogP contribution in [0.3, 0.4) is 0 Å². The van der Waals surface area contributed by atoms with Crippen LogP contribution in [-0.4, -0.2) is 73.7 Å². The van der Waals surface area contributed by atoms with Crippen molar-refractivity contribution >= 4 is 21.7 Å². The first kappa shape index (κ1) is 25.7. The zero-order chi connectivity index (χ0) is 22.6. The summed E-state index contributed by atoms with van der Waals surface area (Å²) in [6.07, 6.45) is -4.61. The predicted molar refractivity (Wildman–Crippen MR) is 102 cm³/mol. The van der Waals surface area contributed by atoms with Gasteiger partial charge in [0.15, 0.2) is 9.84 Å². The molecule has 0 saturated carbocycles. The molecule has 0 aromatic rings. The number of hydrogen-bond acceptors (Lipinski definition) is 5. The second-order valence-corrected chi connectivity index (χ2v) is 10.9. The molecular weight excluding hydrogens is 413 g/mol. The fraction of sp³-hybridized carbons (Fsp3) is 0.889. The Bertz CT molecular complexity index is 679. The number of rotatable bonds is 5. The number of carbonyl (C=O) groups is 2. The topological polar surface area (TPSA) is 104 Å². The first-order valence-electron chi connectivity index (χ1n) is 9.66. The third-order valence-corrected chi connectivity index (χ3v) is 7.19. The number of aliphatic carboxylic acids is 1. The van der Waals surface area contributed by atoms with Crippen LogP contribution in [0.25, 0.3) is 0 Å². The average molecular weight is 445 g/mol. The summed E-state index contributed by atoms with van der Waals surface area (Å²) >= 11 is 0. The average Bonchev–Trinajstić information content (AvgIpc) is 2.96. The summed E-state index contributed by atoms with van der Waals surface area (Å²) in [5, 5.41) is 9.77. The highest BCUT2D eigenvalue weighted by atomic mass is 32.2. The number of carboxylic acids is 1. The molecule has 170 valence electrons. The van der Waals surface area contributed by atoms with E-state index in [1.807, 2.05) is 0 Å². The van der Waals surface area contributed by atoms with E-state index in [4.69, 9.17) is 9.90 Å². The maximum Gasteiger partial charge on any atom is 0.490 e. The van der Waals surface area contributed by atoms with Gasteiger partial charge in [-0.2, -0.15) is 13.2 Å². The minimum atomic E-state index is -5.08. The van der Waals surface area contributed by atoms with Crippen LogP contribution in [0.1, 0.15) is 34.1 Å². The lowest BCUT2D eigenvalue weighted by molar-refractivity contribution is -0.192. The van der Waals surface area contributed by atoms with Crippen molar-refractivity contribution in [2.24, 2.45) is 23.7 Å². The summed E-state index contributed by atoms with van der Waals surface area (Å²) in [7, 11) is -3.05. The molecule has 7 nitrogen and oxygen atoms in total. The summed E-state index contributed by atoms with van der Waals surface area (Å²) in [5.41, 5.74) is 0. The van der Waals surface area contributed by atoms with Crippen molar-refractivity contribution in [1.82, 2.24) is 10.2 Å². The van der Waals surface area contributed by atoms with E-state index in [2.05, 4.69) is 37.9 Å². The molecule has 1 amide bonds. The lowest BCUT2D eigenvalue weighted by Crippen LogP contribution is -2.47. The van der Waals surface area contributed by atoms with Gasteiger partial charge in [0.05, 0.1) is 11.0 Å². The molecule has 0 aromatic heterocycles. The van der Waals surface area contributed by atoms with Crippen LogP contribution in [-0.2, 0) is 19.4 Å². The van der Waals surface area contributed by atoms with E-state index in [9.17, 15) is 26.4 Å². The number of carbonyl (C=O) groups excluding carboxylic acids is 1. The van der Waals surface area contributed by atoms with Gasteiger partial charge in [0, 0.05) is 38.0 Å². The quantitative estimate of drug-likeness (QED) is 0.670. The Kier molecular flexibility index (Phi) is 8.94. The normalized spacial score (nSPS) is 26.6. The molecule has 0 aliphatic carbocycles. The van der Waals surface area contributed by atoms with E-state index < -0.39 is 22.0 Å². The van der Waals surface area contributed by atoms with Gasteiger partial charge in [0.2, 0.25) is 5.91 Å². The second-order valence-electron chi connectivity index (χ2n) is 8.52. The van der Waals surface area contributed by atoms with Crippen molar-refractivity contribution in [1.29, 1.82) is 0 Å². The smallest absolute Gasteiger partial charge is 0.475 e. The zero-order valence-electron chi connectivity index (χ0n) is 17.2. The largest absolute Gasteiger partial charge is 0.490 e. The molecule has 2 fully saturated rings. The lowest BCUT2D eigenvalue weighted by Gasteiger charge is -2.32. The van der Waals surface area contributed by atoms with E-state index in [-0.39, 0.29) is 28.7 Å². The Balaban J connectivity index is 0.000000516. The van der Waals surface area contributed by atoms with E-state index >= 15 is 0 Å².